The van der Waals surface area contributed by atoms with Crippen LogP contribution in [0, 0.1) is 13.8 Å². The van der Waals surface area contributed by atoms with Gasteiger partial charge in [-0.15, -0.1) is 0 Å². The van der Waals surface area contributed by atoms with Crippen LogP contribution in [0.1, 0.15) is 16.8 Å². The van der Waals surface area contributed by atoms with E-state index in [1.165, 1.54) is 5.56 Å². The lowest BCUT2D eigenvalue weighted by molar-refractivity contribution is 0.299. The smallest absolute Gasteiger partial charge is 0.130 e. The van der Waals surface area contributed by atoms with Crippen molar-refractivity contribution in [3.63, 3.8) is 0 Å². The van der Waals surface area contributed by atoms with Gasteiger partial charge in [-0.25, -0.2) is 0 Å². The first-order valence-corrected chi connectivity index (χ1v) is 6.25. The molecule has 0 N–H and O–H groups in total. The fourth-order valence-corrected chi connectivity index (χ4v) is 1.74. The number of rotatable bonds is 3. The summed E-state index contributed by atoms with van der Waals surface area (Å²) in [6, 6.07) is 10.1. The summed E-state index contributed by atoms with van der Waals surface area (Å²) in [6.07, 6.45) is 1.78. The van der Waals surface area contributed by atoms with Gasteiger partial charge in [0.2, 0.25) is 0 Å². The van der Waals surface area contributed by atoms with Crippen molar-refractivity contribution in [2.75, 3.05) is 0 Å². The van der Waals surface area contributed by atoms with Crippen LogP contribution in [-0.2, 0) is 6.61 Å². The highest BCUT2D eigenvalue weighted by Crippen LogP contribution is 2.20. The van der Waals surface area contributed by atoms with E-state index in [0.717, 1.165) is 21.5 Å². The predicted molar refractivity (Wildman–Crippen MR) is 72.2 cm³/mol. The number of hydrogen-bond donors (Lipinski definition) is 0. The maximum absolute atomic E-state index is 5.77. The minimum atomic E-state index is 0.498. The summed E-state index contributed by atoms with van der Waals surface area (Å²) in [5.41, 5.74) is 3.27. The van der Waals surface area contributed by atoms with Crippen molar-refractivity contribution >= 4 is 15.9 Å². The molecule has 2 aromatic rings. The fourth-order valence-electron chi connectivity index (χ4n) is 1.51. The lowest BCUT2D eigenvalue weighted by Crippen LogP contribution is -1.99. The Morgan fingerprint density at radius 3 is 2.71 bits per heavy atom. The van der Waals surface area contributed by atoms with E-state index >= 15 is 0 Å². The Morgan fingerprint density at radius 1 is 1.18 bits per heavy atom. The van der Waals surface area contributed by atoms with Crippen LogP contribution in [0.5, 0.6) is 5.75 Å². The number of pyridine rings is 1. The Morgan fingerprint density at radius 2 is 2.00 bits per heavy atom. The molecular weight excluding hydrogens is 278 g/mol. The van der Waals surface area contributed by atoms with Crippen molar-refractivity contribution < 1.29 is 4.74 Å². The average Bonchev–Trinajstić information content (AvgIpc) is 2.32. The second-order valence-electron chi connectivity index (χ2n) is 4.03. The van der Waals surface area contributed by atoms with Crippen LogP contribution in [0.15, 0.2) is 41.0 Å². The van der Waals surface area contributed by atoms with Gasteiger partial charge in [0.1, 0.15) is 12.4 Å². The van der Waals surface area contributed by atoms with Crippen molar-refractivity contribution in [2.24, 2.45) is 0 Å². The van der Waals surface area contributed by atoms with Crippen LogP contribution >= 0.6 is 15.9 Å². The molecule has 2 nitrogen and oxygen atoms in total. The molecule has 0 aliphatic heterocycles. The van der Waals surface area contributed by atoms with E-state index in [-0.39, 0.29) is 0 Å². The highest BCUT2D eigenvalue weighted by atomic mass is 79.9. The minimum Gasteiger partial charge on any atom is -0.487 e. The Bertz CT molecular complexity index is 508. The standard InChI is InChI=1S/C14H14BrNO/c1-10-3-4-11(2)14(7-10)17-9-13-6-5-12(15)8-16-13/h3-8H,9H2,1-2H3. The Kier molecular flexibility index (Phi) is 3.79. The molecule has 0 aliphatic carbocycles. The van der Waals surface area contributed by atoms with E-state index in [0.29, 0.717) is 6.61 Å². The number of aromatic nitrogens is 1. The molecule has 0 aliphatic rings. The first kappa shape index (κ1) is 12.1. The SMILES string of the molecule is Cc1ccc(C)c(OCc2ccc(Br)cn2)c1. The van der Waals surface area contributed by atoms with Crippen LogP contribution in [0.3, 0.4) is 0 Å². The topological polar surface area (TPSA) is 22.1 Å². The third-order valence-electron chi connectivity index (χ3n) is 2.51. The summed E-state index contributed by atoms with van der Waals surface area (Å²) in [5.74, 6) is 0.926. The molecule has 0 radical (unpaired) electrons. The van der Waals surface area contributed by atoms with Gasteiger partial charge in [0.05, 0.1) is 5.69 Å². The summed E-state index contributed by atoms with van der Waals surface area (Å²) >= 11 is 3.36. The molecule has 2 rings (SSSR count). The molecule has 0 spiro atoms. The molecule has 1 aromatic heterocycles. The van der Waals surface area contributed by atoms with E-state index < -0.39 is 0 Å². The highest BCUT2D eigenvalue weighted by molar-refractivity contribution is 9.10. The van der Waals surface area contributed by atoms with Gasteiger partial charge in [-0.1, -0.05) is 12.1 Å². The molecule has 0 amide bonds. The molecule has 3 heteroatoms. The third kappa shape index (κ3) is 3.30. The van der Waals surface area contributed by atoms with Crippen LogP contribution in [0.25, 0.3) is 0 Å². The van der Waals surface area contributed by atoms with E-state index in [2.05, 4.69) is 40.0 Å². The van der Waals surface area contributed by atoms with Crippen LogP contribution < -0.4 is 4.74 Å². The normalized spacial score (nSPS) is 10.3. The van der Waals surface area contributed by atoms with Gasteiger partial charge in [-0.3, -0.25) is 4.98 Å². The van der Waals surface area contributed by atoms with E-state index in [4.69, 9.17) is 4.74 Å². The zero-order valence-corrected chi connectivity index (χ0v) is 11.5. The second-order valence-corrected chi connectivity index (χ2v) is 4.94. The highest BCUT2D eigenvalue weighted by Gasteiger charge is 2.01. The number of benzene rings is 1. The predicted octanol–water partition coefficient (Wildman–Crippen LogP) is 4.04. The number of nitrogens with zero attached hydrogens (tertiary/aromatic N) is 1. The zero-order chi connectivity index (χ0) is 12.3. The monoisotopic (exact) mass is 291 g/mol. The summed E-state index contributed by atoms with van der Waals surface area (Å²) in [7, 11) is 0. The molecule has 0 saturated carbocycles. The molecular formula is C14H14BrNO. The molecule has 88 valence electrons. The lowest BCUT2D eigenvalue weighted by atomic mass is 10.1. The van der Waals surface area contributed by atoms with Gasteiger partial charge in [0.15, 0.2) is 0 Å². The summed E-state index contributed by atoms with van der Waals surface area (Å²) < 4.78 is 6.75. The number of hydrogen-bond acceptors (Lipinski definition) is 2. The molecule has 0 saturated heterocycles. The molecule has 1 heterocycles. The van der Waals surface area contributed by atoms with Crippen molar-refractivity contribution in [1.29, 1.82) is 0 Å². The van der Waals surface area contributed by atoms with Crippen LogP contribution in [0.4, 0.5) is 0 Å². The number of aryl methyl sites for hydroxylation is 2. The van der Waals surface area contributed by atoms with Gasteiger partial charge in [0, 0.05) is 10.7 Å². The summed E-state index contributed by atoms with van der Waals surface area (Å²) in [4.78, 5) is 4.27. The molecule has 0 fully saturated rings. The van der Waals surface area contributed by atoms with Crippen molar-refractivity contribution in [1.82, 2.24) is 4.98 Å². The Balaban J connectivity index is 2.07. The van der Waals surface area contributed by atoms with E-state index in [1.807, 2.05) is 25.1 Å². The zero-order valence-electron chi connectivity index (χ0n) is 9.90. The van der Waals surface area contributed by atoms with Gasteiger partial charge in [-0.05, 0) is 59.1 Å². The molecule has 1 aromatic carbocycles. The largest absolute Gasteiger partial charge is 0.487 e. The quantitative estimate of drug-likeness (QED) is 0.851. The first-order chi connectivity index (χ1) is 8.15. The molecule has 17 heavy (non-hydrogen) atoms. The Labute approximate surface area is 110 Å². The maximum Gasteiger partial charge on any atom is 0.130 e. The summed E-state index contributed by atoms with van der Waals surface area (Å²) in [5, 5.41) is 0. The second kappa shape index (κ2) is 5.32. The number of ether oxygens (including phenoxy) is 1. The molecule has 0 atom stereocenters. The minimum absolute atomic E-state index is 0.498. The summed E-state index contributed by atoms with van der Waals surface area (Å²) in [6.45, 7) is 4.60. The van der Waals surface area contributed by atoms with Crippen molar-refractivity contribution in [3.8, 4) is 5.75 Å². The van der Waals surface area contributed by atoms with Gasteiger partial charge >= 0.3 is 0 Å². The lowest BCUT2D eigenvalue weighted by Gasteiger charge is -2.09. The molecule has 0 unspecified atom stereocenters. The fraction of sp³-hybridized carbons (Fsp3) is 0.214. The van der Waals surface area contributed by atoms with Crippen molar-refractivity contribution in [3.05, 3.63) is 57.8 Å². The first-order valence-electron chi connectivity index (χ1n) is 5.45. The van der Waals surface area contributed by atoms with Gasteiger partial charge in [0.25, 0.3) is 0 Å². The van der Waals surface area contributed by atoms with E-state index in [9.17, 15) is 0 Å². The Hall–Kier alpha value is -1.35. The maximum atomic E-state index is 5.77. The average molecular weight is 292 g/mol. The van der Waals surface area contributed by atoms with Crippen LogP contribution in [0.2, 0.25) is 0 Å². The van der Waals surface area contributed by atoms with Gasteiger partial charge < -0.3 is 4.74 Å². The van der Waals surface area contributed by atoms with Gasteiger partial charge in [-0.2, -0.15) is 0 Å². The van der Waals surface area contributed by atoms with Crippen molar-refractivity contribution in [2.45, 2.75) is 20.5 Å². The molecule has 0 bridgehead atoms. The number of halogens is 1. The third-order valence-corrected chi connectivity index (χ3v) is 2.98. The van der Waals surface area contributed by atoms with E-state index in [1.54, 1.807) is 6.20 Å². The van der Waals surface area contributed by atoms with Crippen LogP contribution in [-0.4, -0.2) is 4.98 Å².